The van der Waals surface area contributed by atoms with E-state index in [0.29, 0.717) is 33.7 Å². The number of aromatic nitrogens is 2. The van der Waals surface area contributed by atoms with Crippen LogP contribution in [0.1, 0.15) is 22.8 Å². The number of hydrogen-bond donors (Lipinski definition) is 1. The summed E-state index contributed by atoms with van der Waals surface area (Å²) >= 11 is 6.10. The highest BCUT2D eigenvalue weighted by Crippen LogP contribution is 2.37. The number of rotatable bonds is 5. The Bertz CT molecular complexity index is 1290. The molecule has 3 aromatic rings. The minimum Gasteiger partial charge on any atom is -0.482 e. The van der Waals surface area contributed by atoms with Crippen LogP contribution in [-0.2, 0) is 21.4 Å². The lowest BCUT2D eigenvalue weighted by Crippen LogP contribution is -2.38. The third-order valence-electron chi connectivity index (χ3n) is 4.78. The topological polar surface area (TPSA) is 115 Å². The van der Waals surface area contributed by atoms with Crippen LogP contribution >= 0.6 is 11.6 Å². The second-order valence-electron chi connectivity index (χ2n) is 7.15. The van der Waals surface area contributed by atoms with Crippen molar-refractivity contribution in [2.75, 3.05) is 16.2 Å². The first-order chi connectivity index (χ1) is 14.6. The lowest BCUT2D eigenvalue weighted by atomic mass is 10.1. The average Bonchev–Trinajstić information content (AvgIpc) is 3.11. The Kier molecular flexibility index (Phi) is 5.36. The van der Waals surface area contributed by atoms with Crippen LogP contribution < -0.4 is 14.4 Å². The summed E-state index contributed by atoms with van der Waals surface area (Å²) in [5.74, 6) is 0.701. The highest BCUT2D eigenvalue weighted by molar-refractivity contribution is 7.92. The second kappa shape index (κ2) is 7.86. The van der Waals surface area contributed by atoms with E-state index >= 15 is 0 Å². The van der Waals surface area contributed by atoms with Crippen LogP contribution in [0.5, 0.6) is 5.75 Å². The van der Waals surface area contributed by atoms with Gasteiger partial charge in [-0.25, -0.2) is 8.42 Å². The van der Waals surface area contributed by atoms with Crippen molar-refractivity contribution in [3.05, 3.63) is 58.2 Å². The molecule has 0 bridgehead atoms. The van der Waals surface area contributed by atoms with Crippen molar-refractivity contribution in [2.24, 2.45) is 0 Å². The Balaban J connectivity index is 1.68. The van der Waals surface area contributed by atoms with Crippen LogP contribution in [0.4, 0.5) is 11.4 Å². The van der Waals surface area contributed by atoms with Gasteiger partial charge < -0.3 is 9.26 Å². The molecule has 1 aliphatic rings. The van der Waals surface area contributed by atoms with Gasteiger partial charge in [-0.3, -0.25) is 14.4 Å². The fraction of sp³-hybridized carbons (Fsp3) is 0.250. The molecule has 0 unspecified atom stereocenters. The van der Waals surface area contributed by atoms with Crippen molar-refractivity contribution in [3.63, 3.8) is 0 Å². The zero-order valence-electron chi connectivity index (χ0n) is 17.0. The third-order valence-corrected chi connectivity index (χ3v) is 6.71. The van der Waals surface area contributed by atoms with E-state index < -0.39 is 10.0 Å². The van der Waals surface area contributed by atoms with Gasteiger partial charge in [0, 0.05) is 18.0 Å². The molecule has 1 aliphatic heterocycles. The molecule has 11 heteroatoms. The maximum absolute atomic E-state index is 13.0. The summed E-state index contributed by atoms with van der Waals surface area (Å²) in [5, 5.41) is 4.27. The summed E-state index contributed by atoms with van der Waals surface area (Å²) in [7, 11) is -3.93. The Labute approximate surface area is 184 Å². The number of benzene rings is 2. The highest BCUT2D eigenvalue weighted by atomic mass is 35.5. The van der Waals surface area contributed by atoms with E-state index in [9.17, 15) is 13.2 Å². The highest BCUT2D eigenvalue weighted by Gasteiger charge is 2.30. The molecule has 0 fully saturated rings. The van der Waals surface area contributed by atoms with Crippen molar-refractivity contribution in [1.82, 2.24) is 10.1 Å². The number of nitrogens with one attached hydrogen (secondary N) is 1. The molecular weight excluding hydrogens is 444 g/mol. The molecule has 0 radical (unpaired) electrons. The van der Waals surface area contributed by atoms with E-state index in [0.717, 1.165) is 5.56 Å². The minimum atomic E-state index is -3.93. The number of ether oxygens (including phenoxy) is 1. The fourth-order valence-corrected chi connectivity index (χ4v) is 4.68. The van der Waals surface area contributed by atoms with Gasteiger partial charge >= 0.3 is 0 Å². The number of fused-ring (bicyclic) bond motifs is 1. The van der Waals surface area contributed by atoms with Gasteiger partial charge in [0.15, 0.2) is 12.4 Å². The second-order valence-corrected chi connectivity index (χ2v) is 9.21. The number of aryl methyl sites for hydroxylation is 3. The molecule has 0 atom stereocenters. The summed E-state index contributed by atoms with van der Waals surface area (Å²) < 4.78 is 39.1. The molecule has 1 amide bonds. The van der Waals surface area contributed by atoms with Crippen LogP contribution in [0.2, 0.25) is 5.02 Å². The largest absolute Gasteiger partial charge is 0.482 e. The summed E-state index contributed by atoms with van der Waals surface area (Å²) in [6.45, 7) is 4.98. The van der Waals surface area contributed by atoms with Gasteiger partial charge in [-0.1, -0.05) is 22.8 Å². The third kappa shape index (κ3) is 4.21. The zero-order chi connectivity index (χ0) is 22.3. The number of sulfonamides is 1. The maximum Gasteiger partial charge on any atom is 0.265 e. The normalized spacial score (nSPS) is 13.7. The van der Waals surface area contributed by atoms with E-state index in [1.54, 1.807) is 38.1 Å². The van der Waals surface area contributed by atoms with Crippen LogP contribution in [0, 0.1) is 20.8 Å². The summed E-state index contributed by atoms with van der Waals surface area (Å²) in [5.41, 5.74) is 2.06. The lowest BCUT2D eigenvalue weighted by molar-refractivity contribution is -0.121. The van der Waals surface area contributed by atoms with Gasteiger partial charge in [0.25, 0.3) is 15.9 Å². The molecule has 1 N–H and O–H groups in total. The lowest BCUT2D eigenvalue weighted by Gasteiger charge is -2.29. The number of amides is 1. The van der Waals surface area contributed by atoms with Crippen molar-refractivity contribution in [1.29, 1.82) is 0 Å². The number of anilines is 2. The van der Waals surface area contributed by atoms with Gasteiger partial charge in [0.2, 0.25) is 5.89 Å². The molecule has 1 aromatic heterocycles. The fourth-order valence-electron chi connectivity index (χ4n) is 3.21. The van der Waals surface area contributed by atoms with Crippen LogP contribution in [0.3, 0.4) is 0 Å². The van der Waals surface area contributed by atoms with Crippen molar-refractivity contribution < 1.29 is 22.5 Å². The van der Waals surface area contributed by atoms with Gasteiger partial charge in [-0.15, -0.1) is 0 Å². The Morgan fingerprint density at radius 3 is 2.61 bits per heavy atom. The summed E-state index contributed by atoms with van der Waals surface area (Å²) in [4.78, 5) is 18.0. The molecular formula is C20H19ClN4O5S. The first-order valence-electron chi connectivity index (χ1n) is 9.30. The first kappa shape index (κ1) is 21.1. The standard InChI is InChI=1S/C20H19ClN4O5S/c1-11-4-5-14(7-15(11)21)24-31(27,28)18-8-17-16(6-12(18)2)25(20(26)10-29-17)9-19-22-13(3)30-23-19/h4-8,24H,9-10H2,1-3H3. The predicted octanol–water partition coefficient (Wildman–Crippen LogP) is 3.37. The minimum absolute atomic E-state index is 0.0349. The molecule has 0 saturated heterocycles. The smallest absolute Gasteiger partial charge is 0.265 e. The number of halogens is 1. The molecule has 162 valence electrons. The maximum atomic E-state index is 13.0. The predicted molar refractivity (Wildman–Crippen MR) is 114 cm³/mol. The molecule has 0 saturated carbocycles. The number of carbonyl (C=O) groups is 1. The summed E-state index contributed by atoms with van der Waals surface area (Å²) in [6.07, 6.45) is 0. The van der Waals surface area contributed by atoms with Gasteiger partial charge in [-0.2, -0.15) is 4.98 Å². The molecule has 31 heavy (non-hydrogen) atoms. The number of nitrogens with zero attached hydrogens (tertiary/aromatic N) is 3. The van der Waals surface area contributed by atoms with Gasteiger partial charge in [0.1, 0.15) is 5.75 Å². The zero-order valence-corrected chi connectivity index (χ0v) is 18.5. The van der Waals surface area contributed by atoms with E-state index in [4.69, 9.17) is 20.9 Å². The molecule has 4 rings (SSSR count). The van der Waals surface area contributed by atoms with Crippen LogP contribution in [0.25, 0.3) is 0 Å². The van der Waals surface area contributed by atoms with Crippen molar-refractivity contribution in [3.8, 4) is 5.75 Å². The van der Waals surface area contributed by atoms with E-state index in [1.165, 1.54) is 11.0 Å². The molecule has 0 aliphatic carbocycles. The Morgan fingerprint density at radius 1 is 1.16 bits per heavy atom. The number of carbonyl (C=O) groups excluding carboxylic acids is 1. The number of hydrogen-bond acceptors (Lipinski definition) is 7. The quantitative estimate of drug-likeness (QED) is 0.618. The Morgan fingerprint density at radius 2 is 1.94 bits per heavy atom. The molecule has 2 heterocycles. The van der Waals surface area contributed by atoms with Gasteiger partial charge in [0.05, 0.1) is 22.8 Å². The summed E-state index contributed by atoms with van der Waals surface area (Å²) in [6, 6.07) is 7.91. The van der Waals surface area contributed by atoms with Gasteiger partial charge in [-0.05, 0) is 43.2 Å². The first-order valence-corrected chi connectivity index (χ1v) is 11.2. The average molecular weight is 463 g/mol. The monoisotopic (exact) mass is 462 g/mol. The SMILES string of the molecule is Cc1nc(CN2C(=O)COc3cc(S(=O)(=O)Nc4ccc(C)c(Cl)c4)c(C)cc32)no1. The molecule has 0 spiro atoms. The van der Waals surface area contributed by atoms with Crippen molar-refractivity contribution >= 4 is 38.9 Å². The molecule has 2 aromatic carbocycles. The van der Waals surface area contributed by atoms with E-state index in [2.05, 4.69) is 14.9 Å². The van der Waals surface area contributed by atoms with E-state index in [1.807, 2.05) is 6.92 Å². The van der Waals surface area contributed by atoms with E-state index in [-0.39, 0.29) is 29.7 Å². The van der Waals surface area contributed by atoms with Crippen LogP contribution in [-0.4, -0.2) is 31.1 Å². The van der Waals surface area contributed by atoms with Crippen LogP contribution in [0.15, 0.2) is 39.8 Å². The molecule has 9 nitrogen and oxygen atoms in total. The van der Waals surface area contributed by atoms with Crippen molar-refractivity contribution in [2.45, 2.75) is 32.2 Å². The Hall–Kier alpha value is -3.11.